The van der Waals surface area contributed by atoms with E-state index in [0.29, 0.717) is 82.2 Å². The number of ether oxygens (including phenoxy) is 8. The van der Waals surface area contributed by atoms with Gasteiger partial charge in [-0.2, -0.15) is 0 Å². The first-order valence-corrected chi connectivity index (χ1v) is 21.9. The molecule has 2 saturated heterocycles. The van der Waals surface area contributed by atoms with Gasteiger partial charge in [0.05, 0.1) is 87.5 Å². The first-order valence-electron chi connectivity index (χ1n) is 21.9. The smallest absolute Gasteiger partial charge is 0.0830 e. The van der Waals surface area contributed by atoms with Crippen LogP contribution < -0.4 is 0 Å². The molecule has 6 fully saturated rings. The maximum absolute atomic E-state index is 6.19. The molecule has 10 nitrogen and oxygen atoms in total. The van der Waals surface area contributed by atoms with Crippen LogP contribution in [0.15, 0.2) is 0 Å². The van der Waals surface area contributed by atoms with Crippen molar-refractivity contribution in [1.82, 2.24) is 9.80 Å². The number of rotatable bonds is 24. The zero-order valence-electron chi connectivity index (χ0n) is 36.1. The Morgan fingerprint density at radius 3 is 1.46 bits per heavy atom. The van der Waals surface area contributed by atoms with Crippen molar-refractivity contribution in [1.29, 1.82) is 0 Å². The van der Waals surface area contributed by atoms with Gasteiger partial charge in [0.2, 0.25) is 0 Å². The average Bonchev–Trinajstić information content (AvgIpc) is 3.71. The van der Waals surface area contributed by atoms with Gasteiger partial charge in [0.1, 0.15) is 0 Å². The Bertz CT molecular complexity index is 1120. The van der Waals surface area contributed by atoms with Crippen LogP contribution in [0.5, 0.6) is 0 Å². The Hall–Kier alpha value is -0.400. The second-order valence-electron chi connectivity index (χ2n) is 21.1. The van der Waals surface area contributed by atoms with Gasteiger partial charge < -0.3 is 37.9 Å². The third-order valence-corrected chi connectivity index (χ3v) is 12.9. The Balaban J connectivity index is 0.705. The van der Waals surface area contributed by atoms with E-state index in [2.05, 4.69) is 79.0 Å². The molecule has 10 heteroatoms. The van der Waals surface area contributed by atoms with Gasteiger partial charge in [-0.25, -0.2) is 0 Å². The van der Waals surface area contributed by atoms with Crippen molar-refractivity contribution < 1.29 is 37.9 Å². The van der Waals surface area contributed by atoms with Crippen LogP contribution in [0.1, 0.15) is 121 Å². The minimum absolute atomic E-state index is 0.0210. The van der Waals surface area contributed by atoms with E-state index in [-0.39, 0.29) is 22.3 Å². The van der Waals surface area contributed by atoms with Crippen LogP contribution >= 0.6 is 0 Å². The van der Waals surface area contributed by atoms with Crippen molar-refractivity contribution in [2.24, 2.45) is 23.7 Å². The highest BCUT2D eigenvalue weighted by atomic mass is 16.6. The monoisotopic (exact) mass is 765 g/mol. The normalized spacial score (nSPS) is 32.8. The van der Waals surface area contributed by atoms with Gasteiger partial charge in [0.25, 0.3) is 0 Å². The Morgan fingerprint density at radius 2 is 0.907 bits per heavy atom. The van der Waals surface area contributed by atoms with Crippen LogP contribution in [-0.2, 0) is 37.9 Å². The third kappa shape index (κ3) is 13.1. The Labute approximate surface area is 329 Å². The molecule has 2 heterocycles. The molecule has 0 spiro atoms. The van der Waals surface area contributed by atoms with Crippen LogP contribution in [0.4, 0.5) is 0 Å². The first kappa shape index (κ1) is 43.2. The van der Waals surface area contributed by atoms with E-state index in [4.69, 9.17) is 37.9 Å². The standard InChI is InChI=1S/C44H80N2O8/c1-41(2,3)53-36-19-32(20-36)40-21-33(40)29-48-12-11-47-13-14-50-38-24-45(25-38)43(7,8)30-44(9,10)46-26-39(27-46)51-16-15-49-34-17-31(18-34)28-52-35-22-37(23-35)54-42(4,5)6/h31-40H,11-30H2,1-10H3. The number of likely N-dealkylation sites (tertiary alicyclic amines) is 2. The van der Waals surface area contributed by atoms with Gasteiger partial charge in [-0.15, -0.1) is 0 Å². The molecule has 2 atom stereocenters. The highest BCUT2D eigenvalue weighted by molar-refractivity contribution is 5.01. The largest absolute Gasteiger partial charge is 0.379 e. The lowest BCUT2D eigenvalue weighted by Gasteiger charge is -2.55. The molecular weight excluding hydrogens is 684 g/mol. The SMILES string of the molecule is CC(C)(C)OC1CC(OCC2CC(OCCOC3CN(C(C)(C)CC(C)(C)N4CC(OCCOCCOCC5CC5C5CC(OC(C)(C)C)C5)C4)C3)C2)C1. The minimum Gasteiger partial charge on any atom is -0.379 e. The lowest BCUT2D eigenvalue weighted by atomic mass is 9.78. The molecular formula is C44H80N2O8. The van der Waals surface area contributed by atoms with Crippen LogP contribution in [-0.4, -0.2) is 148 Å². The molecule has 0 N–H and O–H groups in total. The molecule has 0 amide bonds. The van der Waals surface area contributed by atoms with Gasteiger partial charge in [-0.1, -0.05) is 0 Å². The van der Waals surface area contributed by atoms with Crippen LogP contribution in [0.3, 0.4) is 0 Å². The van der Waals surface area contributed by atoms with Crippen molar-refractivity contribution in [3.8, 4) is 0 Å². The predicted octanol–water partition coefficient (Wildman–Crippen LogP) is 6.76. The van der Waals surface area contributed by atoms with Gasteiger partial charge in [-0.3, -0.25) is 9.80 Å². The summed E-state index contributed by atoms with van der Waals surface area (Å²) >= 11 is 0. The van der Waals surface area contributed by atoms with E-state index in [1.165, 1.54) is 19.3 Å². The summed E-state index contributed by atoms with van der Waals surface area (Å²) in [6.07, 6.45) is 11.4. The summed E-state index contributed by atoms with van der Waals surface area (Å²) in [5, 5.41) is 0. The molecule has 4 saturated carbocycles. The van der Waals surface area contributed by atoms with Crippen molar-refractivity contribution in [2.45, 2.75) is 180 Å². The highest BCUT2D eigenvalue weighted by Gasteiger charge is 2.49. The summed E-state index contributed by atoms with van der Waals surface area (Å²) < 4.78 is 48.4. The second-order valence-corrected chi connectivity index (χ2v) is 21.1. The average molecular weight is 765 g/mol. The Morgan fingerprint density at radius 1 is 0.444 bits per heavy atom. The molecule has 2 unspecified atom stereocenters. The summed E-state index contributed by atoms with van der Waals surface area (Å²) in [6.45, 7) is 32.1. The fourth-order valence-electron chi connectivity index (χ4n) is 9.58. The molecule has 0 aromatic carbocycles. The quantitative estimate of drug-likeness (QED) is 0.0985. The third-order valence-electron chi connectivity index (χ3n) is 12.9. The van der Waals surface area contributed by atoms with Gasteiger partial charge >= 0.3 is 0 Å². The zero-order chi connectivity index (χ0) is 38.7. The number of hydrogen-bond donors (Lipinski definition) is 0. The van der Waals surface area contributed by atoms with E-state index in [1.54, 1.807) is 0 Å². The topological polar surface area (TPSA) is 80.3 Å². The lowest BCUT2D eigenvalue weighted by Crippen LogP contribution is -2.66. The first-order chi connectivity index (χ1) is 25.4. The second kappa shape index (κ2) is 18.3. The Kier molecular flexibility index (Phi) is 14.6. The van der Waals surface area contributed by atoms with Crippen LogP contribution in [0.25, 0.3) is 0 Å². The van der Waals surface area contributed by atoms with E-state index in [0.717, 1.165) is 89.3 Å². The molecule has 6 aliphatic rings. The molecule has 0 bridgehead atoms. The van der Waals surface area contributed by atoms with Gasteiger partial charge in [-0.05, 0) is 144 Å². The van der Waals surface area contributed by atoms with Crippen molar-refractivity contribution in [2.75, 3.05) is 79.0 Å². The van der Waals surface area contributed by atoms with E-state index in [1.807, 2.05) is 0 Å². The highest BCUT2D eigenvalue weighted by Crippen LogP contribution is 2.53. The van der Waals surface area contributed by atoms with Gasteiger partial charge in [0.15, 0.2) is 0 Å². The summed E-state index contributed by atoms with van der Waals surface area (Å²) in [5.74, 6) is 3.09. The molecule has 6 rings (SSSR count). The summed E-state index contributed by atoms with van der Waals surface area (Å²) in [7, 11) is 0. The number of hydrogen-bond acceptors (Lipinski definition) is 10. The molecule has 0 radical (unpaired) electrons. The maximum atomic E-state index is 6.19. The van der Waals surface area contributed by atoms with Crippen LogP contribution in [0, 0.1) is 23.7 Å². The van der Waals surface area contributed by atoms with Gasteiger partial charge in [0, 0.05) is 50.5 Å². The summed E-state index contributed by atoms with van der Waals surface area (Å²) in [5.41, 5.74) is 0.153. The van der Waals surface area contributed by atoms with E-state index in [9.17, 15) is 0 Å². The molecule has 314 valence electrons. The fraction of sp³-hybridized carbons (Fsp3) is 1.00. The van der Waals surface area contributed by atoms with E-state index >= 15 is 0 Å². The maximum Gasteiger partial charge on any atom is 0.0830 e. The molecule has 2 aliphatic heterocycles. The van der Waals surface area contributed by atoms with Crippen LogP contribution in [0.2, 0.25) is 0 Å². The van der Waals surface area contributed by atoms with Crippen molar-refractivity contribution >= 4 is 0 Å². The lowest BCUT2D eigenvalue weighted by molar-refractivity contribution is -0.161. The fourth-order valence-corrected chi connectivity index (χ4v) is 9.58. The zero-order valence-corrected chi connectivity index (χ0v) is 36.1. The minimum atomic E-state index is -0.0593. The van der Waals surface area contributed by atoms with Crippen molar-refractivity contribution in [3.05, 3.63) is 0 Å². The summed E-state index contributed by atoms with van der Waals surface area (Å²) in [6, 6.07) is 0. The molecule has 4 aliphatic carbocycles. The number of nitrogens with zero attached hydrogens (tertiary/aromatic N) is 2. The van der Waals surface area contributed by atoms with Crippen molar-refractivity contribution in [3.63, 3.8) is 0 Å². The summed E-state index contributed by atoms with van der Waals surface area (Å²) in [4.78, 5) is 5.16. The molecule has 54 heavy (non-hydrogen) atoms. The molecule has 0 aromatic heterocycles. The van der Waals surface area contributed by atoms with E-state index < -0.39 is 0 Å². The molecule has 0 aromatic rings. The predicted molar refractivity (Wildman–Crippen MR) is 212 cm³/mol.